The number of anilines is 1. The molecule has 0 radical (unpaired) electrons. The van der Waals surface area contributed by atoms with E-state index in [1.807, 2.05) is 0 Å². The van der Waals surface area contributed by atoms with Crippen molar-refractivity contribution in [2.45, 2.75) is 0 Å². The Bertz CT molecular complexity index is 983. The van der Waals surface area contributed by atoms with Crippen molar-refractivity contribution < 1.29 is 26.6 Å². The van der Waals surface area contributed by atoms with Gasteiger partial charge in [0, 0.05) is 30.4 Å². The van der Waals surface area contributed by atoms with Crippen molar-refractivity contribution in [1.82, 2.24) is 4.31 Å². The number of amides is 1. The zero-order chi connectivity index (χ0) is 19.7. The van der Waals surface area contributed by atoms with Crippen LogP contribution in [0.4, 0.5) is 23.2 Å². The lowest BCUT2D eigenvalue weighted by Crippen LogP contribution is -2.32. The van der Waals surface area contributed by atoms with Crippen LogP contribution in [0.5, 0.6) is 0 Å². The number of carbonyl (C=O) groups is 1. The molecule has 5 nitrogen and oxygen atoms in total. The Hall–Kier alpha value is -3.01. The summed E-state index contributed by atoms with van der Waals surface area (Å²) >= 11 is -1.95. The number of hydrogen-bond donors (Lipinski definition) is 1. The highest BCUT2D eigenvalue weighted by molar-refractivity contribution is 7.81. The van der Waals surface area contributed by atoms with E-state index in [2.05, 4.69) is 9.71 Å². The first kappa shape index (κ1) is 18.8. The second kappa shape index (κ2) is 7.31. The highest BCUT2D eigenvalue weighted by Crippen LogP contribution is 2.21. The van der Waals surface area contributed by atoms with Gasteiger partial charge in [0.25, 0.3) is 5.91 Å². The van der Waals surface area contributed by atoms with E-state index in [4.69, 9.17) is 0 Å². The molecule has 0 spiro atoms. The fourth-order valence-corrected chi connectivity index (χ4v) is 3.02. The zero-order valence-electron chi connectivity index (χ0n) is 13.7. The Labute approximate surface area is 153 Å². The molecule has 0 bridgehead atoms. The number of allylic oxidation sites excluding steroid dienone is 1. The van der Waals surface area contributed by atoms with Gasteiger partial charge >= 0.3 is 0 Å². The SMILES string of the molecule is CN1C(C(=O)Nc2cc(F)c(F)c(F)c2)=CC(c2ccc(F)cc2)=NS1=O. The Morgan fingerprint density at radius 3 is 2.26 bits per heavy atom. The predicted octanol–water partition coefficient (Wildman–Crippen LogP) is 3.08. The molecule has 1 N–H and O–H groups in total. The van der Waals surface area contributed by atoms with Gasteiger partial charge in [0.1, 0.15) is 11.5 Å². The molecule has 0 fully saturated rings. The van der Waals surface area contributed by atoms with Gasteiger partial charge in [0.2, 0.25) is 11.2 Å². The van der Waals surface area contributed by atoms with Crippen LogP contribution in [0.1, 0.15) is 5.56 Å². The number of halogens is 4. The minimum absolute atomic E-state index is 0.118. The summed E-state index contributed by atoms with van der Waals surface area (Å²) in [6.45, 7) is 0. The molecule has 1 atom stereocenters. The van der Waals surface area contributed by atoms with E-state index in [-0.39, 0.29) is 17.1 Å². The Morgan fingerprint density at radius 1 is 1.07 bits per heavy atom. The molecule has 1 unspecified atom stereocenters. The van der Waals surface area contributed by atoms with Crippen LogP contribution in [0.2, 0.25) is 0 Å². The summed E-state index contributed by atoms with van der Waals surface area (Å²) < 4.78 is 69.8. The summed E-state index contributed by atoms with van der Waals surface area (Å²) in [6, 6.07) is 6.38. The van der Waals surface area contributed by atoms with E-state index in [9.17, 15) is 26.6 Å². The first-order chi connectivity index (χ1) is 12.8. The highest BCUT2D eigenvalue weighted by Gasteiger charge is 2.25. The summed E-state index contributed by atoms with van der Waals surface area (Å²) in [5.74, 6) is -5.91. The maximum absolute atomic E-state index is 13.3. The van der Waals surface area contributed by atoms with E-state index in [0.717, 1.165) is 4.31 Å². The topological polar surface area (TPSA) is 61.8 Å². The molecule has 3 rings (SSSR count). The van der Waals surface area contributed by atoms with Crippen molar-refractivity contribution in [3.8, 4) is 0 Å². The number of hydrogen-bond acceptors (Lipinski definition) is 2. The summed E-state index contributed by atoms with van der Waals surface area (Å²) in [4.78, 5) is 12.5. The van der Waals surface area contributed by atoms with Gasteiger partial charge in [-0.25, -0.2) is 21.8 Å². The average Bonchev–Trinajstić information content (AvgIpc) is 2.62. The van der Waals surface area contributed by atoms with Crippen LogP contribution in [0.25, 0.3) is 0 Å². The molecule has 1 aliphatic heterocycles. The van der Waals surface area contributed by atoms with Gasteiger partial charge in [-0.2, -0.15) is 4.40 Å². The summed E-state index contributed by atoms with van der Waals surface area (Å²) in [7, 11) is 1.33. The maximum atomic E-state index is 13.3. The van der Waals surface area contributed by atoms with E-state index in [0.29, 0.717) is 17.7 Å². The smallest absolute Gasteiger partial charge is 0.272 e. The summed E-state index contributed by atoms with van der Waals surface area (Å²) in [5, 5.41) is 2.21. The molecule has 0 aromatic heterocycles. The molecule has 1 amide bonds. The molecular weight excluding hydrogens is 386 g/mol. The van der Waals surface area contributed by atoms with Crippen LogP contribution in [0.15, 0.2) is 52.6 Å². The third-order valence-electron chi connectivity index (χ3n) is 3.64. The van der Waals surface area contributed by atoms with Crippen molar-refractivity contribution in [3.05, 3.63) is 77.0 Å². The molecule has 140 valence electrons. The second-order valence-corrected chi connectivity index (χ2v) is 6.64. The zero-order valence-corrected chi connectivity index (χ0v) is 14.5. The van der Waals surface area contributed by atoms with Gasteiger partial charge in [-0.1, -0.05) is 0 Å². The monoisotopic (exact) mass is 397 g/mol. The van der Waals surface area contributed by atoms with Crippen molar-refractivity contribution in [2.24, 2.45) is 4.40 Å². The Morgan fingerprint density at radius 2 is 1.67 bits per heavy atom. The summed E-state index contributed by atoms with van der Waals surface area (Å²) in [6.07, 6.45) is 1.29. The number of benzene rings is 2. The van der Waals surface area contributed by atoms with Gasteiger partial charge in [-0.15, -0.1) is 0 Å². The van der Waals surface area contributed by atoms with Crippen molar-refractivity contribution in [1.29, 1.82) is 0 Å². The number of carbonyl (C=O) groups excluding carboxylic acids is 1. The first-order valence-corrected chi connectivity index (χ1v) is 8.50. The van der Waals surface area contributed by atoms with Crippen molar-refractivity contribution in [3.63, 3.8) is 0 Å². The highest BCUT2D eigenvalue weighted by atomic mass is 32.2. The number of nitrogens with one attached hydrogen (secondary N) is 1. The third kappa shape index (κ3) is 3.90. The van der Waals surface area contributed by atoms with Crippen molar-refractivity contribution >= 4 is 28.5 Å². The van der Waals surface area contributed by atoms with Gasteiger partial charge in [-0.05, 0) is 30.3 Å². The minimum Gasteiger partial charge on any atom is -0.320 e. The average molecular weight is 397 g/mol. The standard InChI is InChI=1S/C17H11F4N3O2S/c1-24-15(17(25)22-11-6-12(19)16(21)13(20)7-11)8-14(23-27(24)26)9-2-4-10(18)5-3-9/h2-8H,1H3,(H,22,25). The van der Waals surface area contributed by atoms with Gasteiger partial charge < -0.3 is 5.32 Å². The maximum Gasteiger partial charge on any atom is 0.272 e. The molecule has 1 aliphatic rings. The lowest BCUT2D eigenvalue weighted by atomic mass is 10.1. The van der Waals surface area contributed by atoms with E-state index < -0.39 is 40.3 Å². The normalized spacial score (nSPS) is 16.6. The van der Waals surface area contributed by atoms with Crippen LogP contribution in [-0.4, -0.2) is 27.2 Å². The number of nitrogens with zero attached hydrogens (tertiary/aromatic N) is 2. The Kier molecular flexibility index (Phi) is 5.08. The lowest BCUT2D eigenvalue weighted by Gasteiger charge is -2.22. The van der Waals surface area contributed by atoms with Gasteiger partial charge in [0.15, 0.2) is 17.5 Å². The molecule has 1 heterocycles. The lowest BCUT2D eigenvalue weighted by molar-refractivity contribution is -0.113. The van der Waals surface area contributed by atoms with E-state index in [1.54, 1.807) is 0 Å². The number of rotatable bonds is 3. The quantitative estimate of drug-likeness (QED) is 0.639. The van der Waals surface area contributed by atoms with Crippen LogP contribution < -0.4 is 5.32 Å². The molecule has 10 heteroatoms. The molecule has 2 aromatic rings. The number of likely N-dealkylation sites (N-methyl/N-ethyl adjacent to an activating group) is 1. The minimum atomic E-state index is -1.95. The molecule has 0 saturated heterocycles. The molecular formula is C17H11F4N3O2S. The summed E-state index contributed by atoms with van der Waals surface area (Å²) in [5.41, 5.74) is 0.144. The van der Waals surface area contributed by atoms with Crippen molar-refractivity contribution in [2.75, 3.05) is 12.4 Å². The second-order valence-electron chi connectivity index (χ2n) is 5.45. The van der Waals surface area contributed by atoms with Gasteiger partial charge in [0.05, 0.1) is 5.71 Å². The van der Waals surface area contributed by atoms with E-state index in [1.165, 1.54) is 37.4 Å². The van der Waals surface area contributed by atoms with Gasteiger partial charge in [-0.3, -0.25) is 9.10 Å². The molecule has 27 heavy (non-hydrogen) atoms. The van der Waals surface area contributed by atoms with Crippen LogP contribution in [0.3, 0.4) is 0 Å². The Balaban J connectivity index is 1.91. The fourth-order valence-electron chi connectivity index (χ4n) is 2.26. The first-order valence-electron chi connectivity index (χ1n) is 7.44. The van der Waals surface area contributed by atoms with Crippen LogP contribution >= 0.6 is 0 Å². The third-order valence-corrected chi connectivity index (χ3v) is 4.66. The molecule has 2 aromatic carbocycles. The largest absolute Gasteiger partial charge is 0.320 e. The molecule has 0 saturated carbocycles. The van der Waals surface area contributed by atoms with Crippen LogP contribution in [0, 0.1) is 23.3 Å². The van der Waals surface area contributed by atoms with Crippen LogP contribution in [-0.2, 0) is 16.0 Å². The molecule has 0 aliphatic carbocycles. The van der Waals surface area contributed by atoms with E-state index >= 15 is 0 Å². The predicted molar refractivity (Wildman–Crippen MR) is 91.9 cm³/mol. The fraction of sp³-hybridized carbons (Fsp3) is 0.0588.